The van der Waals surface area contributed by atoms with Crippen LogP contribution >= 0.6 is 0 Å². The average molecular weight is 288 g/mol. The van der Waals surface area contributed by atoms with Gasteiger partial charge in [0.05, 0.1) is 13.2 Å². The molecule has 4 heteroatoms. The molecule has 3 rings (SSSR count). The lowest BCUT2D eigenvalue weighted by Gasteiger charge is -2.31. The van der Waals surface area contributed by atoms with Crippen LogP contribution in [0.25, 0.3) is 11.0 Å². The highest BCUT2D eigenvalue weighted by Gasteiger charge is 2.21. The van der Waals surface area contributed by atoms with Gasteiger partial charge < -0.3 is 19.4 Å². The molecule has 0 radical (unpaired) electrons. The Hall–Kier alpha value is -1.52. The van der Waals surface area contributed by atoms with Crippen molar-refractivity contribution >= 4 is 11.0 Å². The molecule has 0 spiro atoms. The maximum atomic E-state index is 6.02. The van der Waals surface area contributed by atoms with Crippen molar-refractivity contribution in [3.8, 4) is 5.75 Å². The summed E-state index contributed by atoms with van der Waals surface area (Å²) < 4.78 is 11.4. The van der Waals surface area contributed by atoms with Crippen LogP contribution in [0.3, 0.4) is 0 Å². The molecule has 21 heavy (non-hydrogen) atoms. The third-order valence-corrected chi connectivity index (χ3v) is 4.28. The Morgan fingerprint density at radius 2 is 2.29 bits per heavy atom. The van der Waals surface area contributed by atoms with Gasteiger partial charge in [0.25, 0.3) is 0 Å². The summed E-state index contributed by atoms with van der Waals surface area (Å²) in [7, 11) is 3.86. The number of likely N-dealkylation sites (tertiary alicyclic amines) is 1. The highest BCUT2D eigenvalue weighted by molar-refractivity contribution is 5.83. The number of hydrogen-bond donors (Lipinski definition) is 1. The number of furan rings is 1. The minimum absolute atomic E-state index is 0.207. The fourth-order valence-electron chi connectivity index (χ4n) is 3.17. The van der Waals surface area contributed by atoms with Crippen LogP contribution in [0, 0.1) is 0 Å². The van der Waals surface area contributed by atoms with Crippen molar-refractivity contribution in [3.05, 3.63) is 30.0 Å². The second-order valence-corrected chi connectivity index (χ2v) is 6.02. The molecule has 1 aromatic carbocycles. The van der Waals surface area contributed by atoms with Gasteiger partial charge in [-0.1, -0.05) is 12.1 Å². The molecular formula is C17H24N2O2. The highest BCUT2D eigenvalue weighted by Crippen LogP contribution is 2.31. The fourth-order valence-corrected chi connectivity index (χ4v) is 3.17. The van der Waals surface area contributed by atoms with E-state index in [4.69, 9.17) is 9.15 Å². The topological polar surface area (TPSA) is 37.6 Å². The number of hydrogen-bond acceptors (Lipinski definition) is 4. The van der Waals surface area contributed by atoms with Crippen molar-refractivity contribution in [2.24, 2.45) is 0 Å². The van der Waals surface area contributed by atoms with E-state index in [0.717, 1.165) is 29.0 Å². The number of likely N-dealkylation sites (N-methyl/N-ethyl adjacent to an activating group) is 1. The van der Waals surface area contributed by atoms with Crippen LogP contribution in [-0.4, -0.2) is 38.2 Å². The summed E-state index contributed by atoms with van der Waals surface area (Å²) in [6, 6.07) is 8.85. The second-order valence-electron chi connectivity index (χ2n) is 6.02. The summed E-state index contributed by atoms with van der Waals surface area (Å²) in [4.78, 5) is 2.38. The van der Waals surface area contributed by atoms with Gasteiger partial charge in [-0.3, -0.25) is 0 Å². The Kier molecular flexibility index (Phi) is 4.17. The first-order chi connectivity index (χ1) is 10.2. The minimum Gasteiger partial charge on any atom is -0.493 e. The quantitative estimate of drug-likeness (QED) is 0.937. The summed E-state index contributed by atoms with van der Waals surface area (Å²) in [5.74, 6) is 1.77. The molecule has 1 aromatic heterocycles. The fraction of sp³-hybridized carbons (Fsp3) is 0.529. The number of ether oxygens (including phenoxy) is 1. The molecule has 114 valence electrons. The van der Waals surface area contributed by atoms with Gasteiger partial charge >= 0.3 is 0 Å². The lowest BCUT2D eigenvalue weighted by molar-refractivity contribution is 0.214. The van der Waals surface area contributed by atoms with Crippen molar-refractivity contribution in [1.29, 1.82) is 0 Å². The highest BCUT2D eigenvalue weighted by atomic mass is 16.5. The normalized spacial score (nSPS) is 21.6. The van der Waals surface area contributed by atoms with Gasteiger partial charge in [0.2, 0.25) is 0 Å². The van der Waals surface area contributed by atoms with E-state index >= 15 is 0 Å². The third kappa shape index (κ3) is 3.06. The first-order valence-corrected chi connectivity index (χ1v) is 7.68. The van der Waals surface area contributed by atoms with Crippen molar-refractivity contribution in [1.82, 2.24) is 10.2 Å². The molecular weight excluding hydrogens is 264 g/mol. The Morgan fingerprint density at radius 3 is 3.05 bits per heavy atom. The predicted octanol–water partition coefficient (Wildman–Crippen LogP) is 3.19. The molecule has 2 unspecified atom stereocenters. The van der Waals surface area contributed by atoms with E-state index < -0.39 is 0 Å². The van der Waals surface area contributed by atoms with Crippen LogP contribution in [0.5, 0.6) is 5.75 Å². The molecule has 2 atom stereocenters. The summed E-state index contributed by atoms with van der Waals surface area (Å²) in [6.07, 6.45) is 2.49. The zero-order valence-corrected chi connectivity index (χ0v) is 13.1. The van der Waals surface area contributed by atoms with Crippen molar-refractivity contribution in [2.45, 2.75) is 31.8 Å². The van der Waals surface area contributed by atoms with Crippen LogP contribution in [0.15, 0.2) is 28.7 Å². The molecule has 4 nitrogen and oxygen atoms in total. The number of piperidine rings is 1. The average Bonchev–Trinajstić information content (AvgIpc) is 2.91. The van der Waals surface area contributed by atoms with Crippen LogP contribution in [0.4, 0.5) is 0 Å². The summed E-state index contributed by atoms with van der Waals surface area (Å²) in [6.45, 7) is 4.47. The van der Waals surface area contributed by atoms with E-state index in [1.165, 1.54) is 19.4 Å². The van der Waals surface area contributed by atoms with Crippen LogP contribution in [0.2, 0.25) is 0 Å². The van der Waals surface area contributed by atoms with E-state index in [2.05, 4.69) is 36.3 Å². The van der Waals surface area contributed by atoms with Crippen LogP contribution in [0.1, 0.15) is 31.6 Å². The molecule has 0 amide bonds. The van der Waals surface area contributed by atoms with Gasteiger partial charge in [0.15, 0.2) is 11.3 Å². The van der Waals surface area contributed by atoms with Crippen molar-refractivity contribution in [2.75, 3.05) is 27.2 Å². The first kappa shape index (κ1) is 14.4. The SMILES string of the molecule is COc1cccc2cc(C(C)NC3CCCN(C)C3)oc12. The molecule has 1 aliphatic heterocycles. The molecule has 1 N–H and O–H groups in total. The lowest BCUT2D eigenvalue weighted by atomic mass is 10.0. The Morgan fingerprint density at radius 1 is 1.43 bits per heavy atom. The van der Waals surface area contributed by atoms with Gasteiger partial charge in [0, 0.05) is 18.0 Å². The number of nitrogens with zero attached hydrogens (tertiary/aromatic N) is 1. The zero-order chi connectivity index (χ0) is 14.8. The lowest BCUT2D eigenvalue weighted by Crippen LogP contribution is -2.44. The molecule has 2 heterocycles. The number of methoxy groups -OCH3 is 1. The number of benzene rings is 1. The maximum absolute atomic E-state index is 6.02. The monoisotopic (exact) mass is 288 g/mol. The molecule has 1 saturated heterocycles. The molecule has 1 aliphatic rings. The number of nitrogens with one attached hydrogen (secondary N) is 1. The van der Waals surface area contributed by atoms with E-state index in [1.807, 2.05) is 12.1 Å². The summed E-state index contributed by atoms with van der Waals surface area (Å²) >= 11 is 0. The van der Waals surface area contributed by atoms with E-state index in [1.54, 1.807) is 7.11 Å². The smallest absolute Gasteiger partial charge is 0.176 e. The largest absolute Gasteiger partial charge is 0.493 e. The van der Waals surface area contributed by atoms with Gasteiger partial charge in [-0.05, 0) is 45.5 Å². The molecule has 0 saturated carbocycles. The Balaban J connectivity index is 1.76. The zero-order valence-electron chi connectivity index (χ0n) is 13.1. The van der Waals surface area contributed by atoms with Crippen molar-refractivity contribution in [3.63, 3.8) is 0 Å². The number of para-hydroxylation sites is 1. The van der Waals surface area contributed by atoms with Gasteiger partial charge in [-0.15, -0.1) is 0 Å². The van der Waals surface area contributed by atoms with Crippen LogP contribution < -0.4 is 10.1 Å². The summed E-state index contributed by atoms with van der Waals surface area (Å²) in [5.41, 5.74) is 0.837. The Bertz CT molecular complexity index is 608. The third-order valence-electron chi connectivity index (χ3n) is 4.28. The standard InChI is InChI=1S/C17H24N2O2/c1-12(18-14-7-5-9-19(2)11-14)16-10-13-6-4-8-15(20-3)17(13)21-16/h4,6,8,10,12,14,18H,5,7,9,11H2,1-3H3. The van der Waals surface area contributed by atoms with Gasteiger partial charge in [-0.2, -0.15) is 0 Å². The first-order valence-electron chi connectivity index (χ1n) is 7.68. The number of rotatable bonds is 4. The second kappa shape index (κ2) is 6.08. The summed E-state index contributed by atoms with van der Waals surface area (Å²) in [5, 5.41) is 4.78. The van der Waals surface area contributed by atoms with Gasteiger partial charge in [0.1, 0.15) is 5.76 Å². The predicted molar refractivity (Wildman–Crippen MR) is 84.8 cm³/mol. The molecule has 0 bridgehead atoms. The van der Waals surface area contributed by atoms with E-state index in [9.17, 15) is 0 Å². The maximum Gasteiger partial charge on any atom is 0.176 e. The van der Waals surface area contributed by atoms with Crippen LogP contribution in [-0.2, 0) is 0 Å². The number of fused-ring (bicyclic) bond motifs is 1. The van der Waals surface area contributed by atoms with E-state index in [0.29, 0.717) is 6.04 Å². The molecule has 0 aliphatic carbocycles. The Labute approximate surface area is 126 Å². The minimum atomic E-state index is 0.207. The van der Waals surface area contributed by atoms with E-state index in [-0.39, 0.29) is 6.04 Å². The van der Waals surface area contributed by atoms with Crippen molar-refractivity contribution < 1.29 is 9.15 Å². The molecule has 1 fully saturated rings. The molecule has 2 aromatic rings. The van der Waals surface area contributed by atoms with Gasteiger partial charge in [-0.25, -0.2) is 0 Å².